The van der Waals surface area contributed by atoms with Crippen LogP contribution >= 0.6 is 0 Å². The minimum atomic E-state index is 0. The van der Waals surface area contributed by atoms with E-state index in [1.54, 1.807) is 0 Å². The quantitative estimate of drug-likeness (QED) is 0.196. The first kappa shape index (κ1) is 18.6. The van der Waals surface area contributed by atoms with Gasteiger partial charge in [-0.2, -0.15) is 0 Å². The Morgan fingerprint density at radius 1 is 1.08 bits per heavy atom. The van der Waals surface area contributed by atoms with Gasteiger partial charge in [0.25, 0.3) is 0 Å². The molecule has 6 heteroatoms. The van der Waals surface area contributed by atoms with Crippen LogP contribution in [0.3, 0.4) is 0 Å². The van der Waals surface area contributed by atoms with Crippen LogP contribution in [-0.2, 0) is 13.1 Å². The van der Waals surface area contributed by atoms with Gasteiger partial charge in [0.15, 0.2) is 18.9 Å². The zero-order chi connectivity index (χ0) is 16.8. The van der Waals surface area contributed by atoms with Crippen LogP contribution in [0.15, 0.2) is 78.4 Å². The number of pyridine rings is 2. The molecule has 0 atom stereocenters. The summed E-state index contributed by atoms with van der Waals surface area (Å²) in [5, 5.41) is 21.0. The first-order chi connectivity index (χ1) is 11.8. The number of aromatic nitrogens is 2. The molecule has 0 amide bonds. The topological polar surface area (TPSA) is 65.2 Å². The molecule has 3 aromatic rings. The molecule has 0 spiro atoms. The number of allylic oxidation sites excluding steroid dienone is 2. The van der Waals surface area contributed by atoms with Gasteiger partial charge in [0.05, 0.1) is 17.1 Å². The molecule has 2 N–H and O–H groups in total. The van der Waals surface area contributed by atoms with Crippen molar-refractivity contribution in [3.8, 4) is 0 Å². The lowest BCUT2D eigenvalue weighted by atomic mass is 10.2. The first-order valence-electron chi connectivity index (χ1n) is 7.72. The fourth-order valence-corrected chi connectivity index (χ4v) is 2.57. The summed E-state index contributed by atoms with van der Waals surface area (Å²) in [6.07, 6.45) is 11.5. The van der Waals surface area contributed by atoms with E-state index >= 15 is 0 Å². The van der Waals surface area contributed by atoms with Gasteiger partial charge in [0.2, 0.25) is 0 Å². The van der Waals surface area contributed by atoms with Crippen molar-refractivity contribution >= 4 is 17.1 Å². The average Bonchev–Trinajstić information content (AvgIpc) is 2.62. The number of nitrogens with zero attached hydrogens (tertiary/aromatic N) is 3. The minimum absolute atomic E-state index is 0. The Bertz CT molecular complexity index is 946. The van der Waals surface area contributed by atoms with E-state index in [0.717, 1.165) is 29.6 Å². The van der Waals surface area contributed by atoms with Crippen molar-refractivity contribution in [1.29, 1.82) is 5.41 Å². The average molecular weight is 399 g/mol. The molecule has 25 heavy (non-hydrogen) atoms. The van der Waals surface area contributed by atoms with Crippen LogP contribution in [-0.4, -0.2) is 16.0 Å². The summed E-state index contributed by atoms with van der Waals surface area (Å²) >= 11 is 0. The smallest absolute Gasteiger partial charge is 0.169 e. The van der Waals surface area contributed by atoms with Gasteiger partial charge in [-0.15, -0.1) is 0 Å². The summed E-state index contributed by atoms with van der Waals surface area (Å²) in [6, 6.07) is 13.6. The Morgan fingerprint density at radius 2 is 1.84 bits per heavy atom. The van der Waals surface area contributed by atoms with Crippen LogP contribution in [0.2, 0.25) is 0 Å². The highest BCUT2D eigenvalue weighted by Crippen LogP contribution is 2.09. The number of benzene rings is 1. The molecule has 5 nitrogen and oxygen atoms in total. The van der Waals surface area contributed by atoms with Crippen molar-refractivity contribution in [2.24, 2.45) is 5.16 Å². The Morgan fingerprint density at radius 3 is 2.60 bits per heavy atom. The molecule has 1 aromatic carbocycles. The standard InChI is InChI=1S/C19H18N4O.BrH/c20-18-9-14-23(19-6-2-1-5-17(18)19)11-4-3-10-22-12-7-16(8-13-22)15-21-24;/h1-9,12-15,20H,10-11H2;1H/b4-3+,20-18?;. The maximum absolute atomic E-state index is 8.50. The van der Waals surface area contributed by atoms with Gasteiger partial charge < -0.3 is 32.2 Å². The van der Waals surface area contributed by atoms with Gasteiger partial charge in [0.1, 0.15) is 0 Å². The van der Waals surface area contributed by atoms with Crippen LogP contribution in [0.5, 0.6) is 0 Å². The monoisotopic (exact) mass is 398 g/mol. The van der Waals surface area contributed by atoms with E-state index in [1.807, 2.05) is 65.6 Å². The fraction of sp³-hybridized carbons (Fsp3) is 0.105. The highest BCUT2D eigenvalue weighted by atomic mass is 79.9. The van der Waals surface area contributed by atoms with E-state index < -0.39 is 0 Å². The molecule has 0 bridgehead atoms. The largest absolute Gasteiger partial charge is 1.00 e. The first-order valence-corrected chi connectivity index (χ1v) is 7.72. The van der Waals surface area contributed by atoms with Crippen LogP contribution < -0.4 is 26.9 Å². The lowest BCUT2D eigenvalue weighted by Crippen LogP contribution is -3.00. The maximum atomic E-state index is 8.50. The van der Waals surface area contributed by atoms with Crippen LogP contribution in [0.4, 0.5) is 0 Å². The van der Waals surface area contributed by atoms with E-state index in [4.69, 9.17) is 10.6 Å². The van der Waals surface area contributed by atoms with E-state index in [1.165, 1.54) is 6.21 Å². The van der Waals surface area contributed by atoms with Gasteiger partial charge in [-0.05, 0) is 18.2 Å². The summed E-state index contributed by atoms with van der Waals surface area (Å²) in [5.74, 6) is 0. The van der Waals surface area contributed by atoms with Gasteiger partial charge in [-0.25, -0.2) is 4.57 Å². The molecule has 2 aromatic heterocycles. The molecule has 0 fully saturated rings. The van der Waals surface area contributed by atoms with Gasteiger partial charge in [-0.3, -0.25) is 0 Å². The number of fused-ring (bicyclic) bond motifs is 1. The van der Waals surface area contributed by atoms with E-state index in [-0.39, 0.29) is 17.0 Å². The summed E-state index contributed by atoms with van der Waals surface area (Å²) in [6.45, 7) is 1.53. The van der Waals surface area contributed by atoms with Crippen LogP contribution in [0.25, 0.3) is 10.9 Å². The predicted molar refractivity (Wildman–Crippen MR) is 93.0 cm³/mol. The van der Waals surface area contributed by atoms with E-state index in [9.17, 15) is 0 Å². The minimum Gasteiger partial charge on any atom is -1.00 e. The lowest BCUT2D eigenvalue weighted by molar-refractivity contribution is -0.687. The second-order valence-corrected chi connectivity index (χ2v) is 5.44. The summed E-state index contributed by atoms with van der Waals surface area (Å²) < 4.78 is 4.18. The van der Waals surface area contributed by atoms with Gasteiger partial charge in [0, 0.05) is 35.8 Å². The highest BCUT2D eigenvalue weighted by Gasteiger charge is 1.99. The number of para-hydroxylation sites is 1. The summed E-state index contributed by atoms with van der Waals surface area (Å²) in [7, 11) is 0. The molecule has 128 valence electrons. The molecular weight excluding hydrogens is 380 g/mol. The Hall–Kier alpha value is -2.73. The van der Waals surface area contributed by atoms with Crippen molar-refractivity contribution < 1.29 is 26.8 Å². The van der Waals surface area contributed by atoms with Gasteiger partial charge >= 0.3 is 0 Å². The molecule has 0 saturated carbocycles. The number of rotatable bonds is 5. The van der Waals surface area contributed by atoms with Crippen LogP contribution in [0.1, 0.15) is 5.56 Å². The molecule has 0 unspecified atom stereocenters. The summed E-state index contributed by atoms with van der Waals surface area (Å²) in [4.78, 5) is 0. The van der Waals surface area contributed by atoms with Crippen LogP contribution in [0, 0.1) is 5.41 Å². The zero-order valence-electron chi connectivity index (χ0n) is 13.6. The molecule has 0 aliphatic heterocycles. The Kier molecular flexibility index (Phi) is 6.65. The van der Waals surface area contributed by atoms with Crippen molar-refractivity contribution in [3.63, 3.8) is 0 Å². The molecule has 0 aliphatic rings. The number of hydrogen-bond acceptors (Lipinski definition) is 3. The summed E-state index contributed by atoms with van der Waals surface area (Å²) in [5.41, 5.74) is 1.92. The second-order valence-electron chi connectivity index (χ2n) is 5.44. The normalized spacial score (nSPS) is 11.2. The third-order valence-electron chi connectivity index (χ3n) is 3.83. The third-order valence-corrected chi connectivity index (χ3v) is 3.83. The van der Waals surface area contributed by atoms with Crippen molar-refractivity contribution in [3.05, 3.63) is 84.1 Å². The van der Waals surface area contributed by atoms with Gasteiger partial charge in [-0.1, -0.05) is 29.4 Å². The van der Waals surface area contributed by atoms with E-state index in [0.29, 0.717) is 5.36 Å². The predicted octanol–water partition coefficient (Wildman–Crippen LogP) is -0.523. The molecule has 0 radical (unpaired) electrons. The second kappa shape index (κ2) is 8.94. The highest BCUT2D eigenvalue weighted by molar-refractivity contribution is 5.78. The Balaban J connectivity index is 0.00000225. The maximum Gasteiger partial charge on any atom is 0.169 e. The van der Waals surface area contributed by atoms with E-state index in [2.05, 4.69) is 21.9 Å². The zero-order valence-corrected chi connectivity index (χ0v) is 15.2. The SMILES string of the molecule is N=c1ccn(C/C=C/C[n+]2ccc(/C=N/O)cc2)c2ccccc12.[Br-]. The van der Waals surface area contributed by atoms with Crippen molar-refractivity contribution in [2.75, 3.05) is 0 Å². The molecular formula is C19H19BrN4O. The number of nitrogens with one attached hydrogen (secondary N) is 1. The number of halogens is 1. The molecule has 2 heterocycles. The van der Waals surface area contributed by atoms with Crippen molar-refractivity contribution in [2.45, 2.75) is 13.1 Å². The molecule has 0 aliphatic carbocycles. The Labute approximate surface area is 156 Å². The lowest BCUT2D eigenvalue weighted by Gasteiger charge is -2.08. The number of hydrogen-bond donors (Lipinski definition) is 2. The molecule has 3 rings (SSSR count). The fourth-order valence-electron chi connectivity index (χ4n) is 2.57. The molecule has 0 saturated heterocycles. The third kappa shape index (κ3) is 4.64. The van der Waals surface area contributed by atoms with Crippen molar-refractivity contribution in [1.82, 2.24) is 4.57 Å². The number of oxime groups is 1.